The largest absolute Gasteiger partial charge is 0.473 e. The van der Waals surface area contributed by atoms with Gasteiger partial charge in [0.15, 0.2) is 5.82 Å². The Kier molecular flexibility index (Phi) is 7.76. The smallest absolute Gasteiger partial charge is 0.238 e. The number of hydrogen-bond donors (Lipinski definition) is 4. The Bertz CT molecular complexity index is 1820. The number of aromatic nitrogens is 7. The fourth-order valence-corrected chi connectivity index (χ4v) is 5.62. The van der Waals surface area contributed by atoms with Crippen LogP contribution in [0.15, 0.2) is 48.9 Å². The maximum absolute atomic E-state index is 13.2. The number of H-pyrrole nitrogens is 1. The highest BCUT2D eigenvalue weighted by atomic mass is 16.5. The van der Waals surface area contributed by atoms with E-state index in [4.69, 9.17) is 9.72 Å². The van der Waals surface area contributed by atoms with Crippen LogP contribution in [0.2, 0.25) is 0 Å². The van der Waals surface area contributed by atoms with E-state index in [0.29, 0.717) is 30.1 Å². The average molecular weight is 608 g/mol. The van der Waals surface area contributed by atoms with Crippen molar-refractivity contribution in [1.29, 1.82) is 0 Å². The maximum atomic E-state index is 13.2. The highest BCUT2D eigenvalue weighted by molar-refractivity contribution is 6.06. The molecule has 4 aromatic heterocycles. The molecule has 0 radical (unpaired) electrons. The molecule has 0 spiro atoms. The Morgan fingerprint density at radius 2 is 2.00 bits per heavy atom. The lowest BCUT2D eigenvalue weighted by Gasteiger charge is -2.17. The number of nitrogens with one attached hydrogen (secondary N) is 4. The van der Waals surface area contributed by atoms with Crippen LogP contribution >= 0.6 is 0 Å². The number of ether oxygens (including phenoxy) is 1. The van der Waals surface area contributed by atoms with Crippen molar-refractivity contribution < 1.29 is 9.53 Å². The van der Waals surface area contributed by atoms with Crippen molar-refractivity contribution in [3.63, 3.8) is 0 Å². The summed E-state index contributed by atoms with van der Waals surface area (Å²) < 4.78 is 7.94. The second kappa shape index (κ2) is 12.2. The Balaban J connectivity index is 0.987. The van der Waals surface area contributed by atoms with Crippen LogP contribution in [0.5, 0.6) is 5.88 Å². The quantitative estimate of drug-likeness (QED) is 0.170. The number of nitrogens with zero attached hydrogens (tertiary/aromatic N) is 7. The minimum atomic E-state index is -0.0803. The number of hydrogen-bond acceptors (Lipinski definition) is 10. The lowest BCUT2D eigenvalue weighted by Crippen LogP contribution is -2.33. The molecule has 0 unspecified atom stereocenters. The Hall–Kier alpha value is -5.04. The predicted octanol–water partition coefficient (Wildman–Crippen LogP) is 4.42. The molecule has 232 valence electrons. The molecule has 7 rings (SSSR count). The number of carbonyl (C=O) groups excluding carboxylic acids is 1. The summed E-state index contributed by atoms with van der Waals surface area (Å²) in [6.45, 7) is 6.57. The van der Waals surface area contributed by atoms with E-state index in [0.717, 1.165) is 64.5 Å². The van der Waals surface area contributed by atoms with Crippen LogP contribution in [0.25, 0.3) is 22.2 Å². The van der Waals surface area contributed by atoms with Crippen molar-refractivity contribution in [3.8, 4) is 17.1 Å². The molecule has 45 heavy (non-hydrogen) atoms. The van der Waals surface area contributed by atoms with Gasteiger partial charge in [-0.2, -0.15) is 10.1 Å². The Morgan fingerprint density at radius 1 is 1.11 bits per heavy atom. The topological polar surface area (TPSA) is 151 Å². The molecule has 0 bridgehead atoms. The van der Waals surface area contributed by atoms with Gasteiger partial charge in [0.2, 0.25) is 23.7 Å². The number of para-hydroxylation sites is 1. The van der Waals surface area contributed by atoms with E-state index >= 15 is 0 Å². The van der Waals surface area contributed by atoms with E-state index in [9.17, 15) is 4.79 Å². The van der Waals surface area contributed by atoms with Gasteiger partial charge in [0.1, 0.15) is 6.10 Å². The molecule has 1 atom stereocenters. The Labute approximate surface area is 260 Å². The van der Waals surface area contributed by atoms with Crippen LogP contribution in [0.3, 0.4) is 0 Å². The summed E-state index contributed by atoms with van der Waals surface area (Å²) in [5.41, 5.74) is 5.25. The molecule has 5 heterocycles. The van der Waals surface area contributed by atoms with Crippen molar-refractivity contribution in [2.45, 2.75) is 39.2 Å². The number of carbonyl (C=O) groups is 1. The zero-order chi connectivity index (χ0) is 30.9. The summed E-state index contributed by atoms with van der Waals surface area (Å²) in [6, 6.07) is 9.60. The summed E-state index contributed by atoms with van der Waals surface area (Å²) in [5.74, 6) is 2.96. The summed E-state index contributed by atoms with van der Waals surface area (Å²) >= 11 is 0. The average Bonchev–Trinajstić information content (AvgIpc) is 3.44. The van der Waals surface area contributed by atoms with Gasteiger partial charge in [0.05, 0.1) is 23.4 Å². The molecule has 1 amide bonds. The number of likely N-dealkylation sites (tertiary alicyclic amines) is 1. The van der Waals surface area contributed by atoms with E-state index in [2.05, 4.69) is 45.9 Å². The third-order valence-electron chi connectivity index (χ3n) is 8.33. The first-order chi connectivity index (χ1) is 21.9. The molecule has 1 saturated carbocycles. The number of amides is 1. The van der Waals surface area contributed by atoms with E-state index in [1.807, 2.05) is 51.4 Å². The van der Waals surface area contributed by atoms with Crippen molar-refractivity contribution in [3.05, 3.63) is 60.2 Å². The van der Waals surface area contributed by atoms with E-state index < -0.39 is 0 Å². The molecule has 2 fully saturated rings. The summed E-state index contributed by atoms with van der Waals surface area (Å²) in [7, 11) is 1.89. The SMILES string of the molecule is Cc1cnc(Nc2cc(C)n(C)n2)nc1-c1c[nH]c2c(NC(=O)CN3CC[C@H](Oc4ccnc(NCC5CC5)n4)C3)cccc12. The van der Waals surface area contributed by atoms with Crippen LogP contribution in [0, 0.1) is 19.8 Å². The van der Waals surface area contributed by atoms with E-state index in [1.165, 1.54) is 12.8 Å². The van der Waals surface area contributed by atoms with Gasteiger partial charge in [-0.1, -0.05) is 12.1 Å². The lowest BCUT2D eigenvalue weighted by atomic mass is 10.1. The predicted molar refractivity (Wildman–Crippen MR) is 173 cm³/mol. The molecule has 13 nitrogen and oxygen atoms in total. The summed E-state index contributed by atoms with van der Waals surface area (Å²) in [5, 5.41) is 15.0. The number of rotatable bonds is 11. The molecule has 4 N–H and O–H groups in total. The number of anilines is 4. The summed E-state index contributed by atoms with van der Waals surface area (Å²) in [4.78, 5) is 36.7. The van der Waals surface area contributed by atoms with E-state index in [-0.39, 0.29) is 18.6 Å². The van der Waals surface area contributed by atoms with Crippen molar-refractivity contribution in [2.75, 3.05) is 42.1 Å². The lowest BCUT2D eigenvalue weighted by molar-refractivity contribution is -0.117. The first kappa shape index (κ1) is 28.7. The van der Waals surface area contributed by atoms with E-state index in [1.54, 1.807) is 23.1 Å². The van der Waals surface area contributed by atoms with Crippen molar-refractivity contribution in [1.82, 2.24) is 39.6 Å². The van der Waals surface area contributed by atoms with Crippen LogP contribution in [-0.4, -0.2) is 77.8 Å². The monoisotopic (exact) mass is 607 g/mol. The highest BCUT2D eigenvalue weighted by Crippen LogP contribution is 2.34. The third kappa shape index (κ3) is 6.58. The van der Waals surface area contributed by atoms with Crippen molar-refractivity contribution >= 4 is 40.2 Å². The summed E-state index contributed by atoms with van der Waals surface area (Å²) in [6.07, 6.45) is 8.77. The first-order valence-corrected chi connectivity index (χ1v) is 15.4. The molecule has 1 aromatic carbocycles. The minimum absolute atomic E-state index is 0.0319. The van der Waals surface area contributed by atoms with Crippen molar-refractivity contribution in [2.24, 2.45) is 13.0 Å². The van der Waals surface area contributed by atoms with Gasteiger partial charge in [-0.3, -0.25) is 14.4 Å². The molecular formula is C32H37N11O2. The molecule has 1 aliphatic heterocycles. The van der Waals surface area contributed by atoms with Gasteiger partial charge in [0.25, 0.3) is 0 Å². The molecule has 1 aliphatic carbocycles. The maximum Gasteiger partial charge on any atom is 0.238 e. The molecule has 5 aromatic rings. The number of aryl methyl sites for hydroxylation is 3. The fraction of sp³-hybridized carbons (Fsp3) is 0.375. The third-order valence-corrected chi connectivity index (χ3v) is 8.33. The van der Waals surface area contributed by atoms with Gasteiger partial charge < -0.3 is 25.7 Å². The second-order valence-electron chi connectivity index (χ2n) is 11.9. The number of benzene rings is 1. The molecular weight excluding hydrogens is 570 g/mol. The van der Waals surface area contributed by atoms with Crippen LogP contribution in [0.1, 0.15) is 30.5 Å². The standard InChI is InChI=1S/C32H37N11O2/c1-19-14-35-32(38-26-13-20(2)42(3)41-26)40-29(19)24-16-34-30-23(24)5-4-6-25(30)37-27(44)18-43-12-10-22(17-43)45-28-9-11-33-31(39-28)36-15-21-7-8-21/h4-6,9,11,13-14,16,21-22,34H,7-8,10,12,15,17-18H2,1-3H3,(H,37,44)(H,33,36,39)(H,35,38,40,41)/t22-/m0/s1. The second-order valence-corrected chi connectivity index (χ2v) is 11.9. The molecule has 13 heteroatoms. The van der Waals surface area contributed by atoms with Gasteiger partial charge in [-0.25, -0.2) is 15.0 Å². The van der Waals surface area contributed by atoms with Gasteiger partial charge in [-0.05, 0) is 50.7 Å². The minimum Gasteiger partial charge on any atom is -0.473 e. The van der Waals surface area contributed by atoms with Crippen LogP contribution in [0.4, 0.5) is 23.4 Å². The van der Waals surface area contributed by atoms with Gasteiger partial charge in [0, 0.05) is 74.0 Å². The number of aromatic amines is 1. The highest BCUT2D eigenvalue weighted by Gasteiger charge is 2.27. The normalized spacial score (nSPS) is 16.6. The Morgan fingerprint density at radius 3 is 2.82 bits per heavy atom. The fourth-order valence-electron chi connectivity index (χ4n) is 5.62. The van der Waals surface area contributed by atoms with Crippen LogP contribution < -0.4 is 20.7 Å². The van der Waals surface area contributed by atoms with Crippen LogP contribution in [-0.2, 0) is 11.8 Å². The number of fused-ring (bicyclic) bond motifs is 1. The first-order valence-electron chi connectivity index (χ1n) is 15.4. The zero-order valence-corrected chi connectivity index (χ0v) is 25.7. The zero-order valence-electron chi connectivity index (χ0n) is 25.7. The molecule has 1 saturated heterocycles. The molecule has 2 aliphatic rings. The van der Waals surface area contributed by atoms with Gasteiger partial charge in [-0.15, -0.1) is 0 Å². The van der Waals surface area contributed by atoms with Gasteiger partial charge >= 0.3 is 0 Å².